The largest absolute Gasteiger partial charge is 0.497 e. The van der Waals surface area contributed by atoms with Crippen molar-refractivity contribution in [3.8, 4) is 17.1 Å². The third-order valence-electron chi connectivity index (χ3n) is 4.32. The summed E-state index contributed by atoms with van der Waals surface area (Å²) in [5, 5.41) is 14.5. The number of aromatic amines is 1. The van der Waals surface area contributed by atoms with Gasteiger partial charge in [0.15, 0.2) is 0 Å². The van der Waals surface area contributed by atoms with Crippen LogP contribution in [0.4, 0.5) is 0 Å². The van der Waals surface area contributed by atoms with Crippen molar-refractivity contribution in [1.82, 2.24) is 25.5 Å². The van der Waals surface area contributed by atoms with Crippen LogP contribution in [0.1, 0.15) is 11.1 Å². The number of tetrazole rings is 1. The number of nitrogens with zero attached hydrogens (tertiary/aromatic N) is 4. The van der Waals surface area contributed by atoms with Crippen molar-refractivity contribution in [2.45, 2.75) is 18.0 Å². The lowest BCUT2D eigenvalue weighted by molar-refractivity contribution is 0.274. The zero-order valence-electron chi connectivity index (χ0n) is 14.0. The highest BCUT2D eigenvalue weighted by molar-refractivity contribution is 7.99. The highest BCUT2D eigenvalue weighted by Crippen LogP contribution is 2.31. The van der Waals surface area contributed by atoms with Gasteiger partial charge in [-0.3, -0.25) is 4.90 Å². The van der Waals surface area contributed by atoms with Crippen molar-refractivity contribution in [3.63, 3.8) is 0 Å². The lowest BCUT2D eigenvalue weighted by atomic mass is 10.1. The van der Waals surface area contributed by atoms with E-state index in [4.69, 9.17) is 4.74 Å². The van der Waals surface area contributed by atoms with Gasteiger partial charge in [-0.2, -0.15) is 5.21 Å². The van der Waals surface area contributed by atoms with Gasteiger partial charge in [-0.15, -0.1) is 22.0 Å². The van der Waals surface area contributed by atoms with E-state index in [1.165, 1.54) is 16.0 Å². The Kier molecular flexibility index (Phi) is 4.67. The summed E-state index contributed by atoms with van der Waals surface area (Å²) < 4.78 is 5.39. The van der Waals surface area contributed by atoms with E-state index in [2.05, 4.69) is 49.8 Å². The van der Waals surface area contributed by atoms with E-state index in [1.807, 2.05) is 30.0 Å². The minimum Gasteiger partial charge on any atom is -0.497 e. The van der Waals surface area contributed by atoms with Crippen LogP contribution < -0.4 is 4.74 Å². The first-order chi connectivity index (χ1) is 12.3. The lowest BCUT2D eigenvalue weighted by Crippen LogP contribution is -2.24. The summed E-state index contributed by atoms with van der Waals surface area (Å²) >= 11 is 1.91. The second-order valence-electron chi connectivity index (χ2n) is 5.93. The first-order valence-corrected chi connectivity index (χ1v) is 9.16. The van der Waals surface area contributed by atoms with Gasteiger partial charge in [0.25, 0.3) is 0 Å². The van der Waals surface area contributed by atoms with Crippen LogP contribution in [0, 0.1) is 0 Å². The Morgan fingerprint density at radius 3 is 3.00 bits per heavy atom. The van der Waals surface area contributed by atoms with Gasteiger partial charge < -0.3 is 4.74 Å². The number of methoxy groups -OCH3 is 1. The molecule has 25 heavy (non-hydrogen) atoms. The van der Waals surface area contributed by atoms with E-state index >= 15 is 0 Å². The average Bonchev–Trinajstić information content (AvgIpc) is 3.10. The minimum absolute atomic E-state index is 0.641. The summed E-state index contributed by atoms with van der Waals surface area (Å²) in [6.45, 7) is 2.78. The van der Waals surface area contributed by atoms with Crippen LogP contribution >= 0.6 is 11.8 Å². The molecule has 1 N–H and O–H groups in total. The van der Waals surface area contributed by atoms with Crippen molar-refractivity contribution in [3.05, 3.63) is 53.6 Å². The van der Waals surface area contributed by atoms with Gasteiger partial charge in [-0.1, -0.05) is 24.3 Å². The summed E-state index contributed by atoms with van der Waals surface area (Å²) in [7, 11) is 1.71. The summed E-state index contributed by atoms with van der Waals surface area (Å²) in [5.74, 6) is 2.62. The highest BCUT2D eigenvalue weighted by Gasteiger charge is 2.18. The predicted molar refractivity (Wildman–Crippen MR) is 97.4 cm³/mol. The maximum absolute atomic E-state index is 5.39. The van der Waals surface area contributed by atoms with Crippen molar-refractivity contribution < 1.29 is 4.74 Å². The maximum Gasteiger partial charge on any atom is 0.204 e. The van der Waals surface area contributed by atoms with Gasteiger partial charge in [0.2, 0.25) is 5.82 Å². The molecule has 0 saturated heterocycles. The fraction of sp³-hybridized carbons (Fsp3) is 0.278. The molecule has 0 fully saturated rings. The molecule has 128 valence electrons. The van der Waals surface area contributed by atoms with Crippen molar-refractivity contribution >= 4 is 11.8 Å². The second-order valence-corrected chi connectivity index (χ2v) is 7.06. The molecule has 1 aliphatic rings. The molecular formula is C18H19N5OS. The van der Waals surface area contributed by atoms with Crippen LogP contribution in [0.5, 0.6) is 5.75 Å². The summed E-state index contributed by atoms with van der Waals surface area (Å²) in [6.07, 6.45) is 0. The Bertz CT molecular complexity index is 852. The number of thioether (sulfide) groups is 1. The van der Waals surface area contributed by atoms with Gasteiger partial charge in [0, 0.05) is 35.8 Å². The number of ether oxygens (including phenoxy) is 1. The summed E-state index contributed by atoms with van der Waals surface area (Å²) in [5.41, 5.74) is 3.55. The molecule has 1 aromatic heterocycles. The van der Waals surface area contributed by atoms with Crippen LogP contribution in [-0.2, 0) is 13.1 Å². The predicted octanol–water partition coefficient (Wildman–Crippen LogP) is 2.98. The zero-order chi connectivity index (χ0) is 17.1. The standard InChI is InChI=1S/C18H19N5OS/c1-24-15-6-7-17-14(10-15)12-23(8-9-25-17)11-13-4-2-3-5-16(13)18-19-21-22-20-18/h2-7,10H,8-9,11-12H2,1H3,(H,19,20,21,22). The fourth-order valence-corrected chi connectivity index (χ4v) is 4.12. The van der Waals surface area contributed by atoms with Gasteiger partial charge in [0.05, 0.1) is 7.11 Å². The summed E-state index contributed by atoms with van der Waals surface area (Å²) in [4.78, 5) is 3.80. The average molecular weight is 353 g/mol. The normalized spacial score (nSPS) is 14.8. The molecule has 1 aliphatic heterocycles. The molecule has 4 rings (SSSR count). The Hall–Kier alpha value is -2.38. The number of nitrogens with one attached hydrogen (secondary N) is 1. The smallest absolute Gasteiger partial charge is 0.204 e. The molecule has 3 aromatic rings. The van der Waals surface area contributed by atoms with Crippen molar-refractivity contribution in [2.24, 2.45) is 0 Å². The number of benzene rings is 2. The second kappa shape index (κ2) is 7.25. The third kappa shape index (κ3) is 3.52. The first-order valence-electron chi connectivity index (χ1n) is 8.17. The van der Waals surface area contributed by atoms with Crippen molar-refractivity contribution in [2.75, 3.05) is 19.4 Å². The van der Waals surface area contributed by atoms with Crippen LogP contribution in [0.25, 0.3) is 11.4 Å². The van der Waals surface area contributed by atoms with Crippen LogP contribution in [-0.4, -0.2) is 44.9 Å². The van der Waals surface area contributed by atoms with Gasteiger partial charge in [0.1, 0.15) is 5.75 Å². The van der Waals surface area contributed by atoms with E-state index in [-0.39, 0.29) is 0 Å². The molecule has 0 radical (unpaired) electrons. The Labute approximate surface area is 150 Å². The van der Waals surface area contributed by atoms with E-state index in [1.54, 1.807) is 7.11 Å². The number of aromatic nitrogens is 4. The van der Waals surface area contributed by atoms with E-state index < -0.39 is 0 Å². The van der Waals surface area contributed by atoms with Crippen LogP contribution in [0.3, 0.4) is 0 Å². The molecule has 2 heterocycles. The Morgan fingerprint density at radius 1 is 1.24 bits per heavy atom. The van der Waals surface area contributed by atoms with Gasteiger partial charge in [-0.05, 0) is 34.5 Å². The molecule has 0 atom stereocenters. The number of fused-ring (bicyclic) bond motifs is 1. The molecular weight excluding hydrogens is 334 g/mol. The Balaban J connectivity index is 1.59. The number of hydrogen-bond donors (Lipinski definition) is 1. The highest BCUT2D eigenvalue weighted by atomic mass is 32.2. The number of H-pyrrole nitrogens is 1. The SMILES string of the molecule is COc1ccc2c(c1)CN(Cc1ccccc1-c1nn[nH]n1)CCS2. The molecule has 0 unspecified atom stereocenters. The van der Waals surface area contributed by atoms with Gasteiger partial charge in [-0.25, -0.2) is 0 Å². The Morgan fingerprint density at radius 2 is 2.16 bits per heavy atom. The van der Waals surface area contributed by atoms with Gasteiger partial charge >= 0.3 is 0 Å². The molecule has 0 saturated carbocycles. The topological polar surface area (TPSA) is 66.9 Å². The molecule has 7 heteroatoms. The first kappa shape index (κ1) is 16.1. The lowest BCUT2D eigenvalue weighted by Gasteiger charge is -2.21. The number of rotatable bonds is 4. The molecule has 0 amide bonds. The monoisotopic (exact) mass is 353 g/mol. The molecule has 0 bridgehead atoms. The molecule has 6 nitrogen and oxygen atoms in total. The maximum atomic E-state index is 5.39. The van der Waals surface area contributed by atoms with Crippen molar-refractivity contribution in [1.29, 1.82) is 0 Å². The third-order valence-corrected chi connectivity index (χ3v) is 5.42. The fourth-order valence-electron chi connectivity index (χ4n) is 3.08. The molecule has 2 aromatic carbocycles. The molecule has 0 spiro atoms. The van der Waals surface area contributed by atoms with Crippen LogP contribution in [0.2, 0.25) is 0 Å². The number of hydrogen-bond acceptors (Lipinski definition) is 6. The zero-order valence-corrected chi connectivity index (χ0v) is 14.8. The van der Waals surface area contributed by atoms with E-state index in [0.717, 1.165) is 36.7 Å². The quantitative estimate of drug-likeness (QED) is 0.778. The van der Waals surface area contributed by atoms with Crippen LogP contribution in [0.15, 0.2) is 47.4 Å². The van der Waals surface area contributed by atoms with E-state index in [9.17, 15) is 0 Å². The molecule has 0 aliphatic carbocycles. The summed E-state index contributed by atoms with van der Waals surface area (Å²) in [6, 6.07) is 14.6. The van der Waals surface area contributed by atoms with E-state index in [0.29, 0.717) is 5.82 Å². The minimum atomic E-state index is 0.641.